The molecule has 0 saturated carbocycles. The van der Waals surface area contributed by atoms with Crippen LogP contribution >= 0.6 is 11.3 Å². The molecule has 30 heavy (non-hydrogen) atoms. The van der Waals surface area contributed by atoms with Crippen molar-refractivity contribution >= 4 is 21.4 Å². The molecule has 0 spiro atoms. The molecule has 4 nitrogen and oxygen atoms in total. The standard InChI is InChI=1S/C25H29N3OS/c1-26-10-8-20(9-11-26)27-14-17-12-19(16-27)25-21(6-7-24(29)28(25)15-17)23-13-18-4-2-3-5-22(18)30-23/h2-7,13,17,19-20H,8-12,14-16H2,1H3/t17-,19-/m1/s1. The number of hydrogen-bond donors (Lipinski definition) is 0. The number of hydrogen-bond acceptors (Lipinski definition) is 4. The number of rotatable bonds is 2. The van der Waals surface area contributed by atoms with Crippen molar-refractivity contribution in [1.29, 1.82) is 0 Å². The largest absolute Gasteiger partial charge is 0.311 e. The van der Waals surface area contributed by atoms with Gasteiger partial charge in [0.1, 0.15) is 0 Å². The van der Waals surface area contributed by atoms with Crippen LogP contribution in [0.4, 0.5) is 0 Å². The highest BCUT2D eigenvalue weighted by Crippen LogP contribution is 2.43. The minimum absolute atomic E-state index is 0.178. The van der Waals surface area contributed by atoms with Crippen LogP contribution in [0.2, 0.25) is 0 Å². The lowest BCUT2D eigenvalue weighted by Crippen LogP contribution is -2.53. The number of piperidine rings is 2. The minimum Gasteiger partial charge on any atom is -0.311 e. The number of nitrogens with zero attached hydrogens (tertiary/aromatic N) is 3. The summed E-state index contributed by atoms with van der Waals surface area (Å²) in [5.41, 5.74) is 2.75. The number of benzene rings is 1. The van der Waals surface area contributed by atoms with E-state index in [1.165, 1.54) is 58.6 Å². The molecule has 1 aromatic carbocycles. The molecular formula is C25H29N3OS. The molecule has 156 valence electrons. The van der Waals surface area contributed by atoms with Gasteiger partial charge in [0.15, 0.2) is 0 Å². The number of fused-ring (bicyclic) bond motifs is 5. The van der Waals surface area contributed by atoms with E-state index >= 15 is 0 Å². The first-order valence-corrected chi connectivity index (χ1v) is 12.1. The van der Waals surface area contributed by atoms with Gasteiger partial charge in [-0.2, -0.15) is 0 Å². The monoisotopic (exact) mass is 419 g/mol. The van der Waals surface area contributed by atoms with Crippen molar-refractivity contribution in [1.82, 2.24) is 14.4 Å². The van der Waals surface area contributed by atoms with E-state index in [0.717, 1.165) is 19.6 Å². The smallest absolute Gasteiger partial charge is 0.250 e. The molecule has 0 unspecified atom stereocenters. The van der Waals surface area contributed by atoms with Gasteiger partial charge in [-0.1, -0.05) is 18.2 Å². The molecule has 5 heteroatoms. The average Bonchev–Trinajstić information content (AvgIpc) is 3.19. The SMILES string of the molecule is CN1CCC(N2C[C@H]3C[C@H](C2)c2c(-c4cc5ccccc5s4)ccc(=O)n2C3)CC1. The summed E-state index contributed by atoms with van der Waals surface area (Å²) in [5, 5.41) is 1.30. The van der Waals surface area contributed by atoms with Crippen LogP contribution in [0.1, 0.15) is 30.9 Å². The molecule has 3 aliphatic rings. The summed E-state index contributed by atoms with van der Waals surface area (Å²) in [7, 11) is 2.24. The Bertz CT molecular complexity index is 1110. The second-order valence-electron chi connectivity index (χ2n) is 9.52. The van der Waals surface area contributed by atoms with Gasteiger partial charge in [-0.25, -0.2) is 0 Å². The Balaban J connectivity index is 1.39. The van der Waals surface area contributed by atoms with Crippen LogP contribution in [-0.2, 0) is 6.54 Å². The van der Waals surface area contributed by atoms with Crippen molar-refractivity contribution in [2.24, 2.45) is 5.92 Å². The summed E-state index contributed by atoms with van der Waals surface area (Å²) < 4.78 is 3.44. The summed E-state index contributed by atoms with van der Waals surface area (Å²) in [6.45, 7) is 5.56. The van der Waals surface area contributed by atoms with Crippen LogP contribution in [0.25, 0.3) is 20.5 Å². The fourth-order valence-electron chi connectivity index (χ4n) is 6.03. The summed E-state index contributed by atoms with van der Waals surface area (Å²) in [5.74, 6) is 1.07. The maximum Gasteiger partial charge on any atom is 0.250 e. The molecule has 3 aliphatic heterocycles. The van der Waals surface area contributed by atoms with Crippen LogP contribution in [0, 0.1) is 5.92 Å². The highest BCUT2D eigenvalue weighted by atomic mass is 32.1. The maximum absolute atomic E-state index is 12.8. The Hall–Kier alpha value is -1.95. The third-order valence-corrected chi connectivity index (χ3v) is 8.66. The molecule has 0 radical (unpaired) electrons. The van der Waals surface area contributed by atoms with E-state index in [0.29, 0.717) is 17.9 Å². The third kappa shape index (κ3) is 3.15. The Kier molecular flexibility index (Phi) is 4.59. The van der Waals surface area contributed by atoms with Crippen molar-refractivity contribution in [2.75, 3.05) is 33.2 Å². The summed E-state index contributed by atoms with van der Waals surface area (Å²) >= 11 is 1.85. The van der Waals surface area contributed by atoms with Gasteiger partial charge in [-0.15, -0.1) is 11.3 Å². The Morgan fingerprint density at radius 2 is 1.83 bits per heavy atom. The van der Waals surface area contributed by atoms with Crippen LogP contribution in [0.15, 0.2) is 47.3 Å². The molecule has 2 aromatic heterocycles. The Morgan fingerprint density at radius 3 is 2.67 bits per heavy atom. The van der Waals surface area contributed by atoms with E-state index in [4.69, 9.17) is 0 Å². The highest BCUT2D eigenvalue weighted by molar-refractivity contribution is 7.22. The zero-order chi connectivity index (χ0) is 20.2. The molecule has 5 heterocycles. The van der Waals surface area contributed by atoms with Crippen LogP contribution in [0.5, 0.6) is 0 Å². The van der Waals surface area contributed by atoms with E-state index in [1.54, 1.807) is 6.07 Å². The number of aromatic nitrogens is 1. The zero-order valence-electron chi connectivity index (χ0n) is 17.6. The zero-order valence-corrected chi connectivity index (χ0v) is 18.4. The lowest BCUT2D eigenvalue weighted by Gasteiger charge is -2.47. The lowest BCUT2D eigenvalue weighted by molar-refractivity contribution is 0.0519. The first kappa shape index (κ1) is 18.8. The Morgan fingerprint density at radius 1 is 1.00 bits per heavy atom. The van der Waals surface area contributed by atoms with Gasteiger partial charge in [0, 0.05) is 58.5 Å². The summed E-state index contributed by atoms with van der Waals surface area (Å²) in [6, 6.07) is 15.5. The number of thiophene rings is 1. The maximum atomic E-state index is 12.8. The Labute approximate surface area is 181 Å². The van der Waals surface area contributed by atoms with E-state index in [9.17, 15) is 4.79 Å². The molecule has 6 rings (SSSR count). The third-order valence-electron chi connectivity index (χ3n) is 7.51. The van der Waals surface area contributed by atoms with Crippen molar-refractivity contribution < 1.29 is 0 Å². The van der Waals surface area contributed by atoms with Gasteiger partial charge in [-0.05, 0) is 68.9 Å². The summed E-state index contributed by atoms with van der Waals surface area (Å²) in [4.78, 5) is 19.3. The van der Waals surface area contributed by atoms with Gasteiger partial charge in [-0.3, -0.25) is 9.69 Å². The molecule has 0 aliphatic carbocycles. The quantitative estimate of drug-likeness (QED) is 0.622. The lowest BCUT2D eigenvalue weighted by atomic mass is 9.80. The normalized spacial score (nSPS) is 25.5. The molecular weight excluding hydrogens is 390 g/mol. The molecule has 3 aromatic rings. The average molecular weight is 420 g/mol. The van der Waals surface area contributed by atoms with Gasteiger partial charge in [0.05, 0.1) is 0 Å². The van der Waals surface area contributed by atoms with Gasteiger partial charge in [0.2, 0.25) is 0 Å². The van der Waals surface area contributed by atoms with Crippen molar-refractivity contribution in [2.45, 2.75) is 37.8 Å². The highest BCUT2D eigenvalue weighted by Gasteiger charge is 2.39. The van der Waals surface area contributed by atoms with E-state index in [1.807, 2.05) is 11.3 Å². The fourth-order valence-corrected chi connectivity index (χ4v) is 7.13. The number of pyridine rings is 1. The molecule has 0 amide bonds. The van der Waals surface area contributed by atoms with Crippen molar-refractivity contribution in [3.8, 4) is 10.4 Å². The number of likely N-dealkylation sites (tertiary alicyclic amines) is 2. The van der Waals surface area contributed by atoms with Gasteiger partial charge in [0.25, 0.3) is 5.56 Å². The second kappa shape index (κ2) is 7.33. The van der Waals surface area contributed by atoms with Gasteiger partial charge < -0.3 is 9.47 Å². The molecule has 0 N–H and O–H groups in total. The molecule has 2 saturated heterocycles. The van der Waals surface area contributed by atoms with E-state index < -0.39 is 0 Å². The molecule has 2 fully saturated rings. The van der Waals surface area contributed by atoms with Crippen LogP contribution in [-0.4, -0.2) is 53.6 Å². The predicted molar refractivity (Wildman–Crippen MR) is 124 cm³/mol. The first-order valence-electron chi connectivity index (χ1n) is 11.3. The fraction of sp³-hybridized carbons (Fsp3) is 0.480. The first-order chi connectivity index (χ1) is 14.7. The van der Waals surface area contributed by atoms with E-state index in [-0.39, 0.29) is 5.56 Å². The van der Waals surface area contributed by atoms with Crippen LogP contribution in [0.3, 0.4) is 0 Å². The predicted octanol–water partition coefficient (Wildman–Crippen LogP) is 4.24. The summed E-state index contributed by atoms with van der Waals surface area (Å²) in [6.07, 6.45) is 3.78. The van der Waals surface area contributed by atoms with Crippen molar-refractivity contribution in [3.63, 3.8) is 0 Å². The van der Waals surface area contributed by atoms with E-state index in [2.05, 4.69) is 57.8 Å². The van der Waals surface area contributed by atoms with Crippen molar-refractivity contribution in [3.05, 3.63) is 58.5 Å². The van der Waals surface area contributed by atoms with Crippen LogP contribution < -0.4 is 5.56 Å². The molecule has 2 bridgehead atoms. The van der Waals surface area contributed by atoms with Gasteiger partial charge >= 0.3 is 0 Å². The second-order valence-corrected chi connectivity index (χ2v) is 10.6. The molecule has 2 atom stereocenters. The minimum atomic E-state index is 0.178. The topological polar surface area (TPSA) is 28.5 Å².